The second-order valence-corrected chi connectivity index (χ2v) is 6.47. The number of halogens is 2. The summed E-state index contributed by atoms with van der Waals surface area (Å²) in [6.45, 7) is 0.577. The van der Waals surface area contributed by atoms with Gasteiger partial charge in [-0.2, -0.15) is 13.9 Å². The lowest BCUT2D eigenvalue weighted by Crippen LogP contribution is -1.97. The van der Waals surface area contributed by atoms with Crippen LogP contribution in [-0.2, 0) is 6.54 Å². The van der Waals surface area contributed by atoms with Gasteiger partial charge in [0.2, 0.25) is 0 Å². The van der Waals surface area contributed by atoms with Crippen molar-refractivity contribution in [2.75, 3.05) is 0 Å². The van der Waals surface area contributed by atoms with E-state index in [1.165, 1.54) is 11.3 Å². The molecule has 5 nitrogen and oxygen atoms in total. The topological polar surface area (TPSA) is 56.7 Å². The summed E-state index contributed by atoms with van der Waals surface area (Å²) in [4.78, 5) is 1.67. The van der Waals surface area contributed by atoms with Gasteiger partial charge in [0.05, 0.1) is 17.6 Å². The van der Waals surface area contributed by atoms with Crippen molar-refractivity contribution in [1.82, 2.24) is 20.0 Å². The van der Waals surface area contributed by atoms with Crippen LogP contribution in [0.2, 0.25) is 0 Å². The summed E-state index contributed by atoms with van der Waals surface area (Å²) in [6, 6.07) is 13.7. The molecule has 4 rings (SSSR count). The molecule has 0 N–H and O–H groups in total. The lowest BCUT2D eigenvalue weighted by molar-refractivity contribution is 0.116. The van der Waals surface area contributed by atoms with Crippen LogP contribution in [-0.4, -0.2) is 20.0 Å². The van der Waals surface area contributed by atoms with Crippen molar-refractivity contribution in [2.45, 2.75) is 13.0 Å². The van der Waals surface area contributed by atoms with Gasteiger partial charge >= 0.3 is 6.43 Å². The molecule has 0 radical (unpaired) electrons. The van der Waals surface area contributed by atoms with Crippen molar-refractivity contribution in [3.8, 4) is 21.9 Å². The van der Waals surface area contributed by atoms with E-state index in [1.807, 2.05) is 53.5 Å². The predicted octanol–water partition coefficient (Wildman–Crippen LogP) is 4.65. The maximum absolute atomic E-state index is 12.5. The first kappa shape index (κ1) is 15.6. The number of alkyl halides is 2. The Morgan fingerprint density at radius 3 is 2.64 bits per heavy atom. The Hall–Kier alpha value is -2.87. The van der Waals surface area contributed by atoms with Crippen LogP contribution in [0.1, 0.15) is 17.2 Å². The molecule has 4 aromatic rings. The molecule has 0 saturated heterocycles. The molecule has 8 heteroatoms. The van der Waals surface area contributed by atoms with Crippen molar-refractivity contribution in [3.05, 3.63) is 65.6 Å². The summed E-state index contributed by atoms with van der Waals surface area (Å²) in [7, 11) is 0. The van der Waals surface area contributed by atoms with Crippen molar-refractivity contribution >= 4 is 11.3 Å². The largest absolute Gasteiger partial charge is 0.414 e. The normalized spacial score (nSPS) is 11.3. The Balaban J connectivity index is 1.50. The van der Waals surface area contributed by atoms with Gasteiger partial charge in [0.25, 0.3) is 11.8 Å². The van der Waals surface area contributed by atoms with E-state index in [-0.39, 0.29) is 5.89 Å². The molecule has 126 valence electrons. The quantitative estimate of drug-likeness (QED) is 0.521. The highest BCUT2D eigenvalue weighted by Gasteiger charge is 2.18. The number of thiophene rings is 1. The van der Waals surface area contributed by atoms with Crippen LogP contribution < -0.4 is 0 Å². The van der Waals surface area contributed by atoms with Gasteiger partial charge in [-0.3, -0.25) is 4.68 Å². The van der Waals surface area contributed by atoms with E-state index < -0.39 is 12.3 Å². The molecule has 0 aliphatic rings. The lowest BCUT2D eigenvalue weighted by atomic mass is 10.1. The van der Waals surface area contributed by atoms with E-state index in [9.17, 15) is 8.78 Å². The van der Waals surface area contributed by atoms with Gasteiger partial charge in [-0.05, 0) is 17.7 Å². The molecule has 25 heavy (non-hydrogen) atoms. The van der Waals surface area contributed by atoms with Gasteiger partial charge < -0.3 is 4.42 Å². The first-order valence-corrected chi connectivity index (χ1v) is 8.29. The number of benzene rings is 1. The third kappa shape index (κ3) is 3.34. The second kappa shape index (κ2) is 6.56. The zero-order valence-corrected chi connectivity index (χ0v) is 13.7. The van der Waals surface area contributed by atoms with Crippen LogP contribution in [0.5, 0.6) is 0 Å². The highest BCUT2D eigenvalue weighted by atomic mass is 32.1. The molecule has 1 aromatic carbocycles. The van der Waals surface area contributed by atoms with Gasteiger partial charge in [-0.25, -0.2) is 0 Å². The first-order valence-electron chi connectivity index (χ1n) is 7.47. The van der Waals surface area contributed by atoms with E-state index in [0.29, 0.717) is 11.4 Å². The molecule has 0 bridgehead atoms. The average molecular weight is 358 g/mol. The smallest absolute Gasteiger partial charge is 0.314 e. The highest BCUT2D eigenvalue weighted by Crippen LogP contribution is 2.29. The Bertz CT molecular complexity index is 977. The number of aromatic nitrogens is 4. The Labute approximate surface area is 145 Å². The van der Waals surface area contributed by atoms with E-state index in [2.05, 4.69) is 15.3 Å². The van der Waals surface area contributed by atoms with E-state index in [0.717, 1.165) is 16.0 Å². The number of rotatable bonds is 5. The minimum atomic E-state index is -2.76. The Morgan fingerprint density at radius 1 is 1.04 bits per heavy atom. The third-order valence-electron chi connectivity index (χ3n) is 3.56. The van der Waals surface area contributed by atoms with Gasteiger partial charge in [-0.1, -0.05) is 30.3 Å². The lowest BCUT2D eigenvalue weighted by Gasteiger charge is -1.98. The molecule has 0 atom stereocenters. The predicted molar refractivity (Wildman–Crippen MR) is 89.3 cm³/mol. The van der Waals surface area contributed by atoms with E-state index in [1.54, 1.807) is 6.07 Å². The summed E-state index contributed by atoms with van der Waals surface area (Å²) in [5.74, 6) is -0.554. The highest BCUT2D eigenvalue weighted by molar-refractivity contribution is 7.15. The van der Waals surface area contributed by atoms with Gasteiger partial charge in [0.1, 0.15) is 0 Å². The zero-order chi connectivity index (χ0) is 17.2. The SMILES string of the molecule is FC(F)c1nnc(-c2ccc(Cn3cc(-c4ccccc4)cn3)s2)o1. The summed E-state index contributed by atoms with van der Waals surface area (Å²) < 4.78 is 31.9. The maximum Gasteiger partial charge on any atom is 0.314 e. The fraction of sp³-hybridized carbons (Fsp3) is 0.118. The van der Waals surface area contributed by atoms with Crippen LogP contribution in [0.25, 0.3) is 21.9 Å². The molecule has 0 amide bonds. The monoisotopic (exact) mass is 358 g/mol. The maximum atomic E-state index is 12.5. The third-order valence-corrected chi connectivity index (χ3v) is 4.62. The minimum Gasteiger partial charge on any atom is -0.414 e. The summed E-state index contributed by atoms with van der Waals surface area (Å²) in [6.07, 6.45) is 1.02. The molecule has 3 heterocycles. The van der Waals surface area contributed by atoms with Crippen molar-refractivity contribution in [3.63, 3.8) is 0 Å². The summed E-state index contributed by atoms with van der Waals surface area (Å²) >= 11 is 1.41. The van der Waals surface area contributed by atoms with Gasteiger partial charge in [0, 0.05) is 16.6 Å². The zero-order valence-electron chi connectivity index (χ0n) is 12.8. The Kier molecular flexibility index (Phi) is 4.10. The molecular formula is C17H12F2N4OS. The van der Waals surface area contributed by atoms with Crippen LogP contribution >= 0.6 is 11.3 Å². The van der Waals surface area contributed by atoms with E-state index in [4.69, 9.17) is 4.42 Å². The summed E-state index contributed by atoms with van der Waals surface area (Å²) in [5.41, 5.74) is 2.14. The molecule has 0 fully saturated rings. The standard InChI is InChI=1S/C17H12F2N4OS/c18-15(19)17-22-21-16(24-17)14-7-6-13(25-14)10-23-9-12(8-20-23)11-4-2-1-3-5-11/h1-9,15H,10H2. The molecule has 0 unspecified atom stereocenters. The van der Waals surface area contributed by atoms with Crippen molar-refractivity contribution < 1.29 is 13.2 Å². The van der Waals surface area contributed by atoms with Crippen LogP contribution in [0, 0.1) is 0 Å². The first-order chi connectivity index (χ1) is 12.2. The minimum absolute atomic E-state index is 0.108. The number of hydrogen-bond acceptors (Lipinski definition) is 5. The Morgan fingerprint density at radius 2 is 1.88 bits per heavy atom. The molecule has 0 saturated carbocycles. The fourth-order valence-electron chi connectivity index (χ4n) is 2.39. The molecular weight excluding hydrogens is 346 g/mol. The van der Waals surface area contributed by atoms with Crippen LogP contribution in [0.15, 0.2) is 59.3 Å². The van der Waals surface area contributed by atoms with Crippen LogP contribution in [0.3, 0.4) is 0 Å². The van der Waals surface area contributed by atoms with E-state index >= 15 is 0 Å². The van der Waals surface area contributed by atoms with Crippen molar-refractivity contribution in [1.29, 1.82) is 0 Å². The number of nitrogens with zero attached hydrogens (tertiary/aromatic N) is 4. The molecule has 0 aliphatic carbocycles. The van der Waals surface area contributed by atoms with Crippen LogP contribution in [0.4, 0.5) is 8.78 Å². The van der Waals surface area contributed by atoms with Crippen molar-refractivity contribution in [2.24, 2.45) is 0 Å². The number of hydrogen-bond donors (Lipinski definition) is 0. The molecule has 3 aromatic heterocycles. The molecule has 0 aliphatic heterocycles. The summed E-state index contributed by atoms with van der Waals surface area (Å²) in [5, 5.41) is 11.4. The van der Waals surface area contributed by atoms with Gasteiger partial charge in [0.15, 0.2) is 0 Å². The second-order valence-electron chi connectivity index (χ2n) is 5.30. The van der Waals surface area contributed by atoms with Gasteiger partial charge in [-0.15, -0.1) is 21.5 Å². The molecule has 0 spiro atoms. The fourth-order valence-corrected chi connectivity index (χ4v) is 3.31. The average Bonchev–Trinajstić information content (AvgIpc) is 3.36.